The fraction of sp³-hybridized carbons (Fsp3) is 0.188. The van der Waals surface area contributed by atoms with Crippen LogP contribution < -0.4 is 5.32 Å². The van der Waals surface area contributed by atoms with E-state index < -0.39 is 0 Å². The highest BCUT2D eigenvalue weighted by Crippen LogP contribution is 2.26. The third-order valence-electron chi connectivity index (χ3n) is 3.87. The van der Waals surface area contributed by atoms with Crippen LogP contribution in [0.1, 0.15) is 24.2 Å². The molecule has 0 amide bonds. The molecule has 0 saturated heterocycles. The monoisotopic (exact) mass is 354 g/mol. The summed E-state index contributed by atoms with van der Waals surface area (Å²) >= 11 is 6.22. The molecule has 9 heteroatoms. The highest BCUT2D eigenvalue weighted by molar-refractivity contribution is 6.30. The van der Waals surface area contributed by atoms with Crippen molar-refractivity contribution in [2.45, 2.75) is 19.9 Å². The predicted octanol–water partition coefficient (Wildman–Crippen LogP) is 3.26. The molecule has 0 spiro atoms. The van der Waals surface area contributed by atoms with E-state index in [-0.39, 0.29) is 6.04 Å². The molecule has 25 heavy (non-hydrogen) atoms. The lowest BCUT2D eigenvalue weighted by atomic mass is 10.1. The molecular formula is C16H15ClN8. The molecule has 4 rings (SSSR count). The van der Waals surface area contributed by atoms with E-state index in [4.69, 9.17) is 11.6 Å². The maximum absolute atomic E-state index is 6.22. The van der Waals surface area contributed by atoms with Gasteiger partial charge in [0.2, 0.25) is 0 Å². The summed E-state index contributed by atoms with van der Waals surface area (Å²) in [5.41, 5.74) is 3.19. The Balaban J connectivity index is 1.72. The number of hydrogen-bond acceptors (Lipinski definition) is 6. The smallest absolute Gasteiger partial charge is 0.179 e. The van der Waals surface area contributed by atoms with Crippen LogP contribution in [-0.2, 0) is 0 Å². The van der Waals surface area contributed by atoms with Crippen molar-refractivity contribution in [2.75, 3.05) is 5.32 Å². The van der Waals surface area contributed by atoms with Crippen molar-refractivity contribution < 1.29 is 0 Å². The third-order valence-corrected chi connectivity index (χ3v) is 4.19. The number of nitrogens with one attached hydrogen (secondary N) is 2. The van der Waals surface area contributed by atoms with Crippen molar-refractivity contribution in [3.63, 3.8) is 0 Å². The number of anilines is 2. The number of pyridine rings is 1. The van der Waals surface area contributed by atoms with Gasteiger partial charge in [-0.3, -0.25) is 5.10 Å². The lowest BCUT2D eigenvalue weighted by Gasteiger charge is -2.14. The summed E-state index contributed by atoms with van der Waals surface area (Å²) in [4.78, 5) is 13.2. The number of fused-ring (bicyclic) bond motifs is 1. The zero-order valence-electron chi connectivity index (χ0n) is 13.6. The van der Waals surface area contributed by atoms with Crippen LogP contribution in [0.5, 0.6) is 0 Å². The fourth-order valence-electron chi connectivity index (χ4n) is 2.62. The Hall–Kier alpha value is -3.00. The van der Waals surface area contributed by atoms with E-state index in [0.717, 1.165) is 11.3 Å². The summed E-state index contributed by atoms with van der Waals surface area (Å²) < 4.78 is 1.78. The van der Waals surface area contributed by atoms with Gasteiger partial charge in [-0.05, 0) is 19.9 Å². The first-order valence-corrected chi connectivity index (χ1v) is 8.09. The first-order valence-electron chi connectivity index (χ1n) is 7.71. The van der Waals surface area contributed by atoms with Crippen LogP contribution >= 0.6 is 11.6 Å². The second kappa shape index (κ2) is 6.14. The lowest BCUT2D eigenvalue weighted by molar-refractivity contribution is 0.578. The molecule has 0 bridgehead atoms. The number of H-pyrrole nitrogens is 1. The molecule has 0 aliphatic rings. The molecule has 0 radical (unpaired) electrons. The Morgan fingerprint density at radius 1 is 1.24 bits per heavy atom. The van der Waals surface area contributed by atoms with Crippen LogP contribution in [0, 0.1) is 6.92 Å². The second-order valence-corrected chi connectivity index (χ2v) is 6.03. The van der Waals surface area contributed by atoms with Gasteiger partial charge in [0, 0.05) is 23.5 Å². The first kappa shape index (κ1) is 15.5. The van der Waals surface area contributed by atoms with E-state index in [0.29, 0.717) is 28.0 Å². The van der Waals surface area contributed by atoms with Crippen molar-refractivity contribution in [2.24, 2.45) is 0 Å². The molecule has 0 aliphatic heterocycles. The van der Waals surface area contributed by atoms with Crippen molar-refractivity contribution in [1.29, 1.82) is 0 Å². The standard InChI is InChI=1S/C16H15ClN8/c1-9-6-13(24-23-9)21-14-8-19-12-7-20-25(16(12)22-14)10(2)11-4-3-5-18-15(11)17/h3-8,10H,1-2H3,(H2,21,22,23,24)/t10-/m0/s1. The predicted molar refractivity (Wildman–Crippen MR) is 95.0 cm³/mol. The molecule has 0 aliphatic carbocycles. The van der Waals surface area contributed by atoms with E-state index in [1.54, 1.807) is 23.3 Å². The molecule has 2 N–H and O–H groups in total. The molecule has 4 aromatic heterocycles. The largest absolute Gasteiger partial charge is 0.322 e. The average Bonchev–Trinajstić information content (AvgIpc) is 3.20. The van der Waals surface area contributed by atoms with Crippen LogP contribution in [0.4, 0.5) is 11.6 Å². The van der Waals surface area contributed by atoms with Crippen LogP contribution in [0.3, 0.4) is 0 Å². The highest BCUT2D eigenvalue weighted by Gasteiger charge is 2.17. The molecule has 1 atom stereocenters. The van der Waals surface area contributed by atoms with Crippen LogP contribution in [0.25, 0.3) is 11.2 Å². The maximum atomic E-state index is 6.22. The van der Waals surface area contributed by atoms with Crippen LogP contribution in [-0.4, -0.2) is 34.9 Å². The quantitative estimate of drug-likeness (QED) is 0.546. The minimum atomic E-state index is -0.129. The van der Waals surface area contributed by atoms with E-state index in [1.165, 1.54) is 0 Å². The summed E-state index contributed by atoms with van der Waals surface area (Å²) in [6.07, 6.45) is 5.00. The van der Waals surface area contributed by atoms with Gasteiger partial charge in [-0.1, -0.05) is 17.7 Å². The zero-order chi connectivity index (χ0) is 17.4. The van der Waals surface area contributed by atoms with Gasteiger partial charge in [0.25, 0.3) is 0 Å². The van der Waals surface area contributed by atoms with E-state index in [9.17, 15) is 0 Å². The molecule has 4 heterocycles. The Labute approximate surface area is 148 Å². The van der Waals surface area contributed by atoms with Gasteiger partial charge >= 0.3 is 0 Å². The van der Waals surface area contributed by atoms with Gasteiger partial charge in [0.15, 0.2) is 17.3 Å². The topological polar surface area (TPSA) is 97.2 Å². The van der Waals surface area contributed by atoms with E-state index in [1.807, 2.05) is 32.0 Å². The number of rotatable bonds is 4. The number of nitrogens with zero attached hydrogens (tertiary/aromatic N) is 6. The molecule has 4 aromatic rings. The van der Waals surface area contributed by atoms with Gasteiger partial charge < -0.3 is 5.32 Å². The third kappa shape index (κ3) is 2.91. The number of aromatic amines is 1. The Kier molecular flexibility index (Phi) is 3.81. The Morgan fingerprint density at radius 3 is 2.88 bits per heavy atom. The van der Waals surface area contributed by atoms with E-state index >= 15 is 0 Å². The maximum Gasteiger partial charge on any atom is 0.179 e. The Bertz CT molecular complexity index is 1040. The van der Waals surface area contributed by atoms with Gasteiger partial charge in [-0.15, -0.1) is 0 Å². The molecule has 126 valence electrons. The second-order valence-electron chi connectivity index (χ2n) is 5.67. The van der Waals surface area contributed by atoms with Crippen molar-refractivity contribution in [3.8, 4) is 0 Å². The number of hydrogen-bond donors (Lipinski definition) is 2. The summed E-state index contributed by atoms with van der Waals surface area (Å²) in [6.45, 7) is 3.93. The van der Waals surface area contributed by atoms with Gasteiger partial charge in [0.05, 0.1) is 18.4 Å². The summed E-state index contributed by atoms with van der Waals surface area (Å²) in [6, 6.07) is 5.54. The SMILES string of the molecule is Cc1cc(Nc2cnc3cnn([C@@H](C)c4cccnc4Cl)c3n2)n[nH]1. The minimum Gasteiger partial charge on any atom is -0.322 e. The molecule has 0 fully saturated rings. The number of aromatic nitrogens is 7. The van der Waals surface area contributed by atoms with Crippen molar-refractivity contribution >= 4 is 34.4 Å². The lowest BCUT2D eigenvalue weighted by Crippen LogP contribution is -2.10. The summed E-state index contributed by atoms with van der Waals surface area (Å²) in [5, 5.41) is 15.0. The van der Waals surface area contributed by atoms with Crippen molar-refractivity contribution in [1.82, 2.24) is 34.9 Å². The molecule has 0 aromatic carbocycles. The molecule has 0 unspecified atom stereocenters. The fourth-order valence-corrected chi connectivity index (χ4v) is 2.90. The number of aryl methyl sites for hydroxylation is 1. The van der Waals surface area contributed by atoms with Gasteiger partial charge in [-0.25, -0.2) is 19.6 Å². The molecule has 8 nitrogen and oxygen atoms in total. The molecular weight excluding hydrogens is 340 g/mol. The van der Waals surface area contributed by atoms with Gasteiger partial charge in [0.1, 0.15) is 10.7 Å². The minimum absolute atomic E-state index is 0.129. The van der Waals surface area contributed by atoms with Crippen LogP contribution in [0.15, 0.2) is 36.8 Å². The first-order chi connectivity index (χ1) is 12.1. The summed E-state index contributed by atoms with van der Waals surface area (Å²) in [7, 11) is 0. The highest BCUT2D eigenvalue weighted by atomic mass is 35.5. The van der Waals surface area contributed by atoms with Gasteiger partial charge in [-0.2, -0.15) is 10.2 Å². The molecule has 0 saturated carbocycles. The average molecular weight is 355 g/mol. The van der Waals surface area contributed by atoms with E-state index in [2.05, 4.69) is 35.6 Å². The Morgan fingerprint density at radius 2 is 2.12 bits per heavy atom. The number of halogens is 1. The van der Waals surface area contributed by atoms with Crippen molar-refractivity contribution in [3.05, 3.63) is 53.2 Å². The normalized spacial score (nSPS) is 12.4. The zero-order valence-corrected chi connectivity index (χ0v) is 14.4. The van der Waals surface area contributed by atoms with Crippen LogP contribution in [0.2, 0.25) is 5.15 Å². The summed E-state index contributed by atoms with van der Waals surface area (Å²) in [5.74, 6) is 1.27.